The number of rotatable bonds is 6. The molecule has 0 spiro atoms. The van der Waals surface area contributed by atoms with Crippen LogP contribution in [0.15, 0.2) is 63.3 Å². The number of sulfone groups is 1. The smallest absolute Gasteiger partial charge is 0.239 e. The Bertz CT molecular complexity index is 1110. The zero-order valence-electron chi connectivity index (χ0n) is 16.9. The molecule has 0 radical (unpaired) electrons. The van der Waals surface area contributed by atoms with Gasteiger partial charge in [0.15, 0.2) is 0 Å². The van der Waals surface area contributed by atoms with E-state index in [4.69, 9.17) is 4.74 Å². The summed E-state index contributed by atoms with van der Waals surface area (Å²) in [6.45, 7) is 3.74. The lowest BCUT2D eigenvalue weighted by Gasteiger charge is -2.36. The van der Waals surface area contributed by atoms with Crippen LogP contribution in [0.3, 0.4) is 0 Å². The molecule has 1 saturated heterocycles. The van der Waals surface area contributed by atoms with Crippen LogP contribution in [0.2, 0.25) is 0 Å². The third-order valence-corrected chi connectivity index (χ3v) is 8.49. The molecular formula is C22H22F2N2O3S2. The van der Waals surface area contributed by atoms with Gasteiger partial charge in [0.2, 0.25) is 14.2 Å². The van der Waals surface area contributed by atoms with Crippen LogP contribution in [-0.4, -0.2) is 37.5 Å². The highest BCUT2D eigenvalue weighted by Crippen LogP contribution is 2.32. The third kappa shape index (κ3) is 4.63. The van der Waals surface area contributed by atoms with Crippen LogP contribution in [0.4, 0.5) is 8.78 Å². The van der Waals surface area contributed by atoms with Crippen LogP contribution in [-0.2, 0) is 9.84 Å². The molecule has 2 aromatic carbocycles. The second kappa shape index (κ2) is 9.02. The van der Waals surface area contributed by atoms with E-state index < -0.39 is 26.4 Å². The maximum atomic E-state index is 14.6. The fourth-order valence-corrected chi connectivity index (χ4v) is 6.10. The Morgan fingerprint density at radius 2 is 1.77 bits per heavy atom. The van der Waals surface area contributed by atoms with Crippen molar-refractivity contribution in [2.75, 3.05) is 13.1 Å². The van der Waals surface area contributed by atoms with Gasteiger partial charge in [-0.15, -0.1) is 11.3 Å². The van der Waals surface area contributed by atoms with E-state index in [1.807, 2.05) is 18.2 Å². The molecule has 9 heteroatoms. The van der Waals surface area contributed by atoms with Crippen molar-refractivity contribution in [2.24, 2.45) is 0 Å². The van der Waals surface area contributed by atoms with Crippen molar-refractivity contribution in [3.8, 4) is 5.75 Å². The van der Waals surface area contributed by atoms with Crippen LogP contribution < -0.4 is 4.74 Å². The molecular weight excluding hydrogens is 442 g/mol. The average Bonchev–Trinajstić information content (AvgIpc) is 3.30. The van der Waals surface area contributed by atoms with E-state index in [-0.39, 0.29) is 22.2 Å². The minimum atomic E-state index is -4.35. The number of hydrogen-bond acceptors (Lipinski definition) is 6. The maximum Gasteiger partial charge on any atom is 0.239 e. The van der Waals surface area contributed by atoms with Crippen LogP contribution in [0.25, 0.3) is 0 Å². The summed E-state index contributed by atoms with van der Waals surface area (Å²) < 4.78 is 59.6. The van der Waals surface area contributed by atoms with Gasteiger partial charge in [0, 0.05) is 42.8 Å². The lowest BCUT2D eigenvalue weighted by molar-refractivity contribution is 0.0792. The molecule has 0 aliphatic carbocycles. The molecule has 31 heavy (non-hydrogen) atoms. The molecule has 3 aromatic rings. The van der Waals surface area contributed by atoms with Crippen molar-refractivity contribution < 1.29 is 21.9 Å². The Balaban J connectivity index is 1.43. The molecule has 0 unspecified atom stereocenters. The molecule has 1 atom stereocenters. The summed E-state index contributed by atoms with van der Waals surface area (Å²) in [5.41, 5.74) is 1.24. The number of halogens is 2. The number of hydrogen-bond donors (Lipinski definition) is 0. The zero-order chi connectivity index (χ0) is 22.0. The quantitative estimate of drug-likeness (QED) is 0.522. The van der Waals surface area contributed by atoms with E-state index in [9.17, 15) is 17.2 Å². The van der Waals surface area contributed by atoms with Crippen molar-refractivity contribution in [2.45, 2.75) is 41.1 Å². The van der Waals surface area contributed by atoms with E-state index in [0.29, 0.717) is 12.8 Å². The van der Waals surface area contributed by atoms with Crippen LogP contribution in [0.1, 0.15) is 31.4 Å². The minimum Gasteiger partial charge on any atom is -0.490 e. The first kappa shape index (κ1) is 21.9. The van der Waals surface area contributed by atoms with Gasteiger partial charge in [0.05, 0.1) is 0 Å². The first-order valence-electron chi connectivity index (χ1n) is 9.95. The first-order valence-corrected chi connectivity index (χ1v) is 12.3. The molecule has 0 amide bonds. The van der Waals surface area contributed by atoms with Gasteiger partial charge in [-0.3, -0.25) is 4.90 Å². The summed E-state index contributed by atoms with van der Waals surface area (Å²) in [5.74, 6) is -2.37. The van der Waals surface area contributed by atoms with Gasteiger partial charge in [-0.1, -0.05) is 30.3 Å². The van der Waals surface area contributed by atoms with E-state index in [1.165, 1.54) is 17.1 Å². The predicted molar refractivity (Wildman–Crippen MR) is 114 cm³/mol. The standard InChI is InChI=1S/C22H22F2N2O3S2/c1-15(16-5-3-2-4-6-16)26-10-7-17(8-11-26)29-18-13-19(23)21(20(24)14-18)31(27,28)22-25-9-12-30-22/h2-6,9,12-15,17H,7-8,10-11H2,1H3/t15-/m1/s1. The summed E-state index contributed by atoms with van der Waals surface area (Å²) in [6, 6.07) is 12.4. The molecule has 164 valence electrons. The molecule has 1 aromatic heterocycles. The highest BCUT2D eigenvalue weighted by atomic mass is 32.2. The normalized spacial score (nSPS) is 16.9. The maximum absolute atomic E-state index is 14.6. The average molecular weight is 465 g/mol. The largest absolute Gasteiger partial charge is 0.490 e. The molecule has 1 aliphatic heterocycles. The van der Waals surface area contributed by atoms with Gasteiger partial charge < -0.3 is 4.74 Å². The van der Waals surface area contributed by atoms with Gasteiger partial charge in [-0.2, -0.15) is 0 Å². The Hall–Kier alpha value is -2.36. The van der Waals surface area contributed by atoms with E-state index in [2.05, 4.69) is 28.9 Å². The summed E-state index contributed by atoms with van der Waals surface area (Å²) in [4.78, 5) is 5.02. The number of thiazole rings is 1. The molecule has 0 saturated carbocycles. The van der Waals surface area contributed by atoms with Gasteiger partial charge in [0.1, 0.15) is 28.4 Å². The second-order valence-corrected chi connectivity index (χ2v) is 10.4. The van der Waals surface area contributed by atoms with Gasteiger partial charge >= 0.3 is 0 Å². The monoisotopic (exact) mass is 464 g/mol. The second-order valence-electron chi connectivity index (χ2n) is 7.46. The van der Waals surface area contributed by atoms with Gasteiger partial charge in [-0.25, -0.2) is 22.2 Å². The third-order valence-electron chi connectivity index (χ3n) is 5.49. The summed E-state index contributed by atoms with van der Waals surface area (Å²) in [6.07, 6.45) is 2.49. The van der Waals surface area contributed by atoms with Gasteiger partial charge in [-0.05, 0) is 25.3 Å². The Kier molecular flexibility index (Phi) is 6.36. The van der Waals surface area contributed by atoms with Crippen molar-refractivity contribution in [3.05, 3.63) is 71.2 Å². The number of aromatic nitrogens is 1. The number of benzene rings is 2. The lowest BCUT2D eigenvalue weighted by atomic mass is 10.0. The molecule has 0 N–H and O–H groups in total. The molecule has 1 aliphatic rings. The van der Waals surface area contributed by atoms with Crippen molar-refractivity contribution >= 4 is 21.2 Å². The fraction of sp³-hybridized carbons (Fsp3) is 0.318. The SMILES string of the molecule is C[C@H](c1ccccc1)N1CCC(Oc2cc(F)c(S(=O)(=O)c3nccs3)c(F)c2)CC1. The van der Waals surface area contributed by atoms with Crippen molar-refractivity contribution in [1.29, 1.82) is 0 Å². The van der Waals surface area contributed by atoms with Crippen LogP contribution >= 0.6 is 11.3 Å². The number of nitrogens with zero attached hydrogens (tertiary/aromatic N) is 2. The highest BCUT2D eigenvalue weighted by molar-refractivity contribution is 7.93. The van der Waals surface area contributed by atoms with E-state index in [0.717, 1.165) is 36.6 Å². The number of likely N-dealkylation sites (tertiary alicyclic amines) is 1. The summed E-state index contributed by atoms with van der Waals surface area (Å²) in [7, 11) is -4.35. The number of piperidine rings is 1. The Morgan fingerprint density at radius 3 is 2.35 bits per heavy atom. The van der Waals surface area contributed by atoms with E-state index in [1.54, 1.807) is 0 Å². The van der Waals surface area contributed by atoms with Crippen LogP contribution in [0, 0.1) is 11.6 Å². The predicted octanol–water partition coefficient (Wildman–Crippen LogP) is 4.86. The van der Waals surface area contributed by atoms with Crippen LogP contribution in [0.5, 0.6) is 5.75 Å². The topological polar surface area (TPSA) is 59.5 Å². The zero-order valence-corrected chi connectivity index (χ0v) is 18.5. The molecule has 5 nitrogen and oxygen atoms in total. The lowest BCUT2D eigenvalue weighted by Crippen LogP contribution is -2.39. The highest BCUT2D eigenvalue weighted by Gasteiger charge is 2.30. The minimum absolute atomic E-state index is 0.0114. The summed E-state index contributed by atoms with van der Waals surface area (Å²) in [5, 5.41) is 1.44. The Labute approximate surface area is 184 Å². The Morgan fingerprint density at radius 1 is 1.13 bits per heavy atom. The van der Waals surface area contributed by atoms with Gasteiger partial charge in [0.25, 0.3) is 0 Å². The first-order chi connectivity index (χ1) is 14.9. The molecule has 2 heterocycles. The van der Waals surface area contributed by atoms with Crippen molar-refractivity contribution in [3.63, 3.8) is 0 Å². The summed E-state index contributed by atoms with van der Waals surface area (Å²) >= 11 is 0.807. The molecule has 0 bridgehead atoms. The number of ether oxygens (including phenoxy) is 1. The van der Waals surface area contributed by atoms with E-state index >= 15 is 0 Å². The fourth-order valence-electron chi connectivity index (χ4n) is 3.81. The molecule has 4 rings (SSSR count). The molecule has 1 fully saturated rings. The van der Waals surface area contributed by atoms with Crippen molar-refractivity contribution in [1.82, 2.24) is 9.88 Å².